The smallest absolute Gasteiger partial charge is 0.178 e. The van der Waals surface area contributed by atoms with Gasteiger partial charge in [-0.05, 0) is 12.8 Å². The molecular weight excluding hydrogens is 404 g/mol. The summed E-state index contributed by atoms with van der Waals surface area (Å²) in [6.45, 7) is 3.42. The summed E-state index contributed by atoms with van der Waals surface area (Å²) < 4.78 is 0. The van der Waals surface area contributed by atoms with Gasteiger partial charge in [-0.25, -0.2) is 0 Å². The van der Waals surface area contributed by atoms with Crippen molar-refractivity contribution >= 4 is 11.6 Å². The van der Waals surface area contributed by atoms with Crippen molar-refractivity contribution < 1.29 is 24.9 Å². The zero-order chi connectivity index (χ0) is 24.1. The van der Waals surface area contributed by atoms with Crippen LogP contribution in [0.25, 0.3) is 0 Å². The molecule has 32 heavy (non-hydrogen) atoms. The van der Waals surface area contributed by atoms with E-state index in [9.17, 15) is 24.9 Å². The normalized spacial score (nSPS) is 14.3. The maximum Gasteiger partial charge on any atom is 0.178 e. The summed E-state index contributed by atoms with van der Waals surface area (Å²) in [7, 11) is 0. The van der Waals surface area contributed by atoms with Crippen LogP contribution in [-0.4, -0.2) is 45.2 Å². The van der Waals surface area contributed by atoms with E-state index in [2.05, 4.69) is 13.8 Å². The Bertz CT molecular complexity index is 465. The molecule has 0 aromatic rings. The topological polar surface area (TPSA) is 94.8 Å². The highest BCUT2D eigenvalue weighted by atomic mass is 16.4. The van der Waals surface area contributed by atoms with Crippen LogP contribution in [0.2, 0.25) is 0 Å². The van der Waals surface area contributed by atoms with E-state index in [0.29, 0.717) is 12.8 Å². The summed E-state index contributed by atoms with van der Waals surface area (Å²) >= 11 is 0. The fourth-order valence-corrected chi connectivity index (χ4v) is 4.15. The lowest BCUT2D eigenvalue weighted by Gasteiger charge is -2.29. The predicted octanol–water partition coefficient (Wildman–Crippen LogP) is 6.05. The molecule has 5 nitrogen and oxygen atoms in total. The second kappa shape index (κ2) is 20.8. The van der Waals surface area contributed by atoms with Crippen molar-refractivity contribution in [2.45, 2.75) is 154 Å². The second-order valence-corrected chi connectivity index (χ2v) is 9.53. The van der Waals surface area contributed by atoms with Gasteiger partial charge in [0, 0.05) is 12.8 Å². The van der Waals surface area contributed by atoms with Crippen molar-refractivity contribution in [1.29, 1.82) is 0 Å². The van der Waals surface area contributed by atoms with Crippen molar-refractivity contribution in [2.24, 2.45) is 0 Å². The molecule has 0 amide bonds. The highest BCUT2D eigenvalue weighted by Gasteiger charge is 2.45. The predicted molar refractivity (Wildman–Crippen MR) is 132 cm³/mol. The largest absolute Gasteiger partial charge is 0.393 e. The van der Waals surface area contributed by atoms with Gasteiger partial charge in [0.25, 0.3) is 0 Å². The average Bonchev–Trinajstić information content (AvgIpc) is 2.80. The molecule has 0 rings (SSSR count). The fourth-order valence-electron chi connectivity index (χ4n) is 4.15. The monoisotopic (exact) mass is 456 g/mol. The first kappa shape index (κ1) is 31.2. The lowest BCUT2D eigenvalue weighted by molar-refractivity contribution is -0.165. The van der Waals surface area contributed by atoms with Gasteiger partial charge in [0.2, 0.25) is 0 Å². The summed E-state index contributed by atoms with van der Waals surface area (Å²) in [4.78, 5) is 24.6. The van der Waals surface area contributed by atoms with Gasteiger partial charge in [0.15, 0.2) is 23.3 Å². The molecule has 0 spiro atoms. The number of ketones is 2. The van der Waals surface area contributed by atoms with E-state index in [-0.39, 0.29) is 12.8 Å². The Balaban J connectivity index is 3.92. The number of aliphatic hydroxyl groups excluding tert-OH is 2. The van der Waals surface area contributed by atoms with Crippen molar-refractivity contribution in [3.63, 3.8) is 0 Å². The summed E-state index contributed by atoms with van der Waals surface area (Å²) in [6.07, 6.45) is 18.7. The van der Waals surface area contributed by atoms with Crippen LogP contribution in [0.15, 0.2) is 0 Å². The summed E-state index contributed by atoms with van der Waals surface area (Å²) in [5.41, 5.74) is -2.36. The number of carbonyl (C=O) groups excluding carboxylic acids is 2. The van der Waals surface area contributed by atoms with Gasteiger partial charge >= 0.3 is 0 Å². The molecule has 0 saturated carbocycles. The van der Waals surface area contributed by atoms with Crippen LogP contribution in [0.5, 0.6) is 0 Å². The van der Waals surface area contributed by atoms with Crippen LogP contribution in [0.1, 0.15) is 142 Å². The van der Waals surface area contributed by atoms with E-state index >= 15 is 0 Å². The third kappa shape index (κ3) is 14.4. The van der Waals surface area contributed by atoms with E-state index < -0.39 is 29.9 Å². The molecule has 0 aromatic heterocycles. The minimum atomic E-state index is -2.36. The van der Waals surface area contributed by atoms with Crippen LogP contribution in [-0.2, 0) is 9.59 Å². The zero-order valence-electron chi connectivity index (χ0n) is 21.1. The molecule has 0 fully saturated rings. The zero-order valence-corrected chi connectivity index (χ0v) is 21.1. The number of hydrogen-bond acceptors (Lipinski definition) is 5. The summed E-state index contributed by atoms with van der Waals surface area (Å²) in [5.74, 6) is -1.19. The molecular formula is C27H52O5. The highest BCUT2D eigenvalue weighted by molar-refractivity contribution is 5.96. The fraction of sp³-hybridized carbons (Fsp3) is 0.926. The molecule has 2 atom stereocenters. The third-order valence-corrected chi connectivity index (χ3v) is 6.52. The number of Topliss-reactive ketones (excluding diaryl/α,β-unsaturated/α-hetero) is 2. The average molecular weight is 457 g/mol. The van der Waals surface area contributed by atoms with Crippen LogP contribution < -0.4 is 0 Å². The minimum Gasteiger partial charge on any atom is -0.393 e. The van der Waals surface area contributed by atoms with E-state index in [4.69, 9.17) is 0 Å². The van der Waals surface area contributed by atoms with Crippen LogP contribution in [0.3, 0.4) is 0 Å². The van der Waals surface area contributed by atoms with Gasteiger partial charge in [0.05, 0.1) is 6.61 Å². The van der Waals surface area contributed by atoms with E-state index in [1.54, 1.807) is 0 Å². The Morgan fingerprint density at radius 3 is 1.34 bits per heavy atom. The molecule has 3 N–H and O–H groups in total. The summed E-state index contributed by atoms with van der Waals surface area (Å²) in [5, 5.41) is 30.2. The maximum absolute atomic E-state index is 12.3. The van der Waals surface area contributed by atoms with Gasteiger partial charge in [-0.15, -0.1) is 0 Å². The molecule has 0 bridgehead atoms. The first-order valence-corrected chi connectivity index (χ1v) is 13.5. The molecule has 0 aliphatic rings. The number of hydrogen-bond donors (Lipinski definition) is 3. The first-order valence-electron chi connectivity index (χ1n) is 13.5. The van der Waals surface area contributed by atoms with E-state index in [1.165, 1.54) is 57.8 Å². The highest BCUT2D eigenvalue weighted by Crippen LogP contribution is 2.20. The number of carbonyl (C=O) groups is 2. The van der Waals surface area contributed by atoms with Crippen molar-refractivity contribution in [1.82, 2.24) is 0 Å². The summed E-state index contributed by atoms with van der Waals surface area (Å²) in [6, 6.07) is 0. The molecule has 0 aromatic carbocycles. The number of unbranched alkanes of at least 4 members (excludes halogenated alkanes) is 16. The van der Waals surface area contributed by atoms with Gasteiger partial charge in [-0.2, -0.15) is 0 Å². The van der Waals surface area contributed by atoms with E-state index in [0.717, 1.165) is 44.9 Å². The SMILES string of the molecule is CCCCCCCCCCCCCCCC(=O)C(O)C(O)(CO)C(=O)CCCCCCC. The van der Waals surface area contributed by atoms with Crippen molar-refractivity contribution in [3.8, 4) is 0 Å². The molecule has 0 aliphatic heterocycles. The third-order valence-electron chi connectivity index (χ3n) is 6.52. The Morgan fingerprint density at radius 2 is 0.969 bits per heavy atom. The quantitative estimate of drug-likeness (QED) is 0.154. The van der Waals surface area contributed by atoms with Gasteiger partial charge in [-0.1, -0.05) is 117 Å². The molecule has 190 valence electrons. The number of rotatable bonds is 24. The lowest BCUT2D eigenvalue weighted by Crippen LogP contribution is -2.55. The molecule has 0 heterocycles. The second-order valence-electron chi connectivity index (χ2n) is 9.53. The van der Waals surface area contributed by atoms with Gasteiger partial charge < -0.3 is 15.3 Å². The van der Waals surface area contributed by atoms with Crippen molar-refractivity contribution in [3.05, 3.63) is 0 Å². The Hall–Kier alpha value is -0.780. The lowest BCUT2D eigenvalue weighted by atomic mass is 9.85. The van der Waals surface area contributed by atoms with Gasteiger partial charge in [0.1, 0.15) is 0 Å². The van der Waals surface area contributed by atoms with Gasteiger partial charge in [-0.3, -0.25) is 9.59 Å². The molecule has 0 radical (unpaired) electrons. The van der Waals surface area contributed by atoms with Crippen LogP contribution in [0.4, 0.5) is 0 Å². The van der Waals surface area contributed by atoms with Crippen LogP contribution >= 0.6 is 0 Å². The molecule has 5 heteroatoms. The van der Waals surface area contributed by atoms with Crippen LogP contribution in [0, 0.1) is 0 Å². The first-order chi connectivity index (χ1) is 15.4. The minimum absolute atomic E-state index is 0.0733. The molecule has 2 unspecified atom stereocenters. The standard InChI is InChI=1S/C27H52O5/c1-3-5-7-9-10-11-12-13-14-15-16-18-19-21-24(29)26(31)27(32,23-28)25(30)22-20-17-8-6-4-2/h26,28,31-32H,3-23H2,1-2H3. The Kier molecular flexibility index (Phi) is 20.3. The Morgan fingerprint density at radius 1 is 0.625 bits per heavy atom. The maximum atomic E-state index is 12.3. The van der Waals surface area contributed by atoms with Crippen molar-refractivity contribution in [2.75, 3.05) is 6.61 Å². The molecule has 0 aliphatic carbocycles. The Labute approximate surface area is 197 Å². The number of aliphatic hydroxyl groups is 3. The van der Waals surface area contributed by atoms with E-state index in [1.807, 2.05) is 0 Å². The molecule has 0 saturated heterocycles.